The van der Waals surface area contributed by atoms with Gasteiger partial charge in [0.25, 0.3) is 0 Å². The number of ether oxygens (including phenoxy) is 1. The predicted molar refractivity (Wildman–Crippen MR) is 130 cm³/mol. The SMILES string of the molecule is CCNC(=O)[C@@H](CC)N(Cc1cccc(C)c1)C(=O)CN(c1cccc(OC)c1)S(C)(=O)=O. The van der Waals surface area contributed by atoms with E-state index in [4.69, 9.17) is 4.74 Å². The van der Waals surface area contributed by atoms with Crippen LogP contribution in [0.3, 0.4) is 0 Å². The van der Waals surface area contributed by atoms with Gasteiger partial charge in [-0.25, -0.2) is 8.42 Å². The summed E-state index contributed by atoms with van der Waals surface area (Å²) in [6.45, 7) is 5.77. The van der Waals surface area contributed by atoms with Crippen molar-refractivity contribution >= 4 is 27.5 Å². The largest absolute Gasteiger partial charge is 0.497 e. The molecular formula is C24H33N3O5S. The minimum Gasteiger partial charge on any atom is -0.497 e. The Morgan fingerprint density at radius 3 is 2.36 bits per heavy atom. The number of carbonyl (C=O) groups excluding carboxylic acids is 2. The van der Waals surface area contributed by atoms with Crippen molar-refractivity contribution in [1.82, 2.24) is 10.2 Å². The average molecular weight is 476 g/mol. The van der Waals surface area contributed by atoms with Crippen molar-refractivity contribution in [2.24, 2.45) is 0 Å². The van der Waals surface area contributed by atoms with Gasteiger partial charge in [-0.05, 0) is 38.0 Å². The molecule has 2 rings (SSSR count). The molecule has 0 heterocycles. The zero-order chi connectivity index (χ0) is 24.6. The molecule has 0 saturated heterocycles. The van der Waals surface area contributed by atoms with Crippen LogP contribution in [0, 0.1) is 6.92 Å². The Balaban J connectivity index is 2.44. The molecule has 180 valence electrons. The molecule has 0 fully saturated rings. The number of nitrogens with zero attached hydrogens (tertiary/aromatic N) is 2. The van der Waals surface area contributed by atoms with Crippen molar-refractivity contribution in [2.75, 3.05) is 30.8 Å². The second-order valence-electron chi connectivity index (χ2n) is 7.80. The molecule has 1 N–H and O–H groups in total. The van der Waals surface area contributed by atoms with Gasteiger partial charge in [0.15, 0.2) is 0 Å². The van der Waals surface area contributed by atoms with E-state index in [1.165, 1.54) is 12.0 Å². The first kappa shape index (κ1) is 26.2. The van der Waals surface area contributed by atoms with Gasteiger partial charge in [0.2, 0.25) is 21.8 Å². The maximum absolute atomic E-state index is 13.5. The van der Waals surface area contributed by atoms with E-state index in [0.29, 0.717) is 24.4 Å². The molecule has 0 aliphatic rings. The molecule has 2 aromatic carbocycles. The highest BCUT2D eigenvalue weighted by Gasteiger charge is 2.31. The lowest BCUT2D eigenvalue weighted by atomic mass is 10.1. The monoisotopic (exact) mass is 475 g/mol. The summed E-state index contributed by atoms with van der Waals surface area (Å²) >= 11 is 0. The number of benzene rings is 2. The number of anilines is 1. The Hall–Kier alpha value is -3.07. The minimum absolute atomic E-state index is 0.186. The maximum atomic E-state index is 13.5. The third-order valence-electron chi connectivity index (χ3n) is 5.19. The second-order valence-corrected chi connectivity index (χ2v) is 9.71. The molecule has 33 heavy (non-hydrogen) atoms. The van der Waals surface area contributed by atoms with Gasteiger partial charge in [-0.1, -0.05) is 42.8 Å². The number of rotatable bonds is 11. The highest BCUT2D eigenvalue weighted by atomic mass is 32.2. The fourth-order valence-electron chi connectivity index (χ4n) is 3.60. The van der Waals surface area contributed by atoms with Crippen molar-refractivity contribution < 1.29 is 22.7 Å². The smallest absolute Gasteiger partial charge is 0.244 e. The number of methoxy groups -OCH3 is 1. The standard InChI is InChI=1S/C24H33N3O5S/c1-6-22(24(29)25-7-2)26(16-19-11-8-10-18(3)14-19)23(28)17-27(33(5,30)31)20-12-9-13-21(15-20)32-4/h8-15,22H,6-7,16-17H2,1-5H3,(H,25,29)/t22-/m1/s1. The van der Waals surface area contributed by atoms with Crippen LogP contribution in [-0.4, -0.2) is 57.6 Å². The van der Waals surface area contributed by atoms with Crippen molar-refractivity contribution in [2.45, 2.75) is 39.8 Å². The number of aryl methyl sites for hydroxylation is 1. The van der Waals surface area contributed by atoms with Crippen molar-refractivity contribution in [3.8, 4) is 5.75 Å². The van der Waals surface area contributed by atoms with E-state index in [-0.39, 0.29) is 12.5 Å². The Bertz CT molecular complexity index is 1070. The third kappa shape index (κ3) is 7.21. The first-order chi connectivity index (χ1) is 15.6. The fraction of sp³-hybridized carbons (Fsp3) is 0.417. The van der Waals surface area contributed by atoms with Gasteiger partial charge in [0.05, 0.1) is 19.1 Å². The van der Waals surface area contributed by atoms with Crippen molar-refractivity contribution in [3.05, 3.63) is 59.7 Å². The number of carbonyl (C=O) groups is 2. The van der Waals surface area contributed by atoms with Gasteiger partial charge in [-0.3, -0.25) is 13.9 Å². The number of hydrogen-bond donors (Lipinski definition) is 1. The molecule has 2 aromatic rings. The van der Waals surface area contributed by atoms with Gasteiger partial charge in [0.1, 0.15) is 18.3 Å². The summed E-state index contributed by atoms with van der Waals surface area (Å²) < 4.78 is 31.4. The molecule has 2 amide bonds. The predicted octanol–water partition coefficient (Wildman–Crippen LogP) is 2.71. The lowest BCUT2D eigenvalue weighted by Crippen LogP contribution is -2.52. The Labute approximate surface area is 196 Å². The van der Waals surface area contributed by atoms with Crippen LogP contribution in [0.2, 0.25) is 0 Å². The van der Waals surface area contributed by atoms with E-state index < -0.39 is 28.5 Å². The molecule has 1 atom stereocenters. The average Bonchev–Trinajstić information content (AvgIpc) is 2.76. The topological polar surface area (TPSA) is 96.0 Å². The van der Waals surface area contributed by atoms with Crippen LogP contribution < -0.4 is 14.4 Å². The van der Waals surface area contributed by atoms with Crippen molar-refractivity contribution in [3.63, 3.8) is 0 Å². The van der Waals surface area contributed by atoms with Crippen molar-refractivity contribution in [1.29, 1.82) is 0 Å². The van der Waals surface area contributed by atoms with Crippen LogP contribution in [0.15, 0.2) is 48.5 Å². The normalized spacial score (nSPS) is 12.0. The van der Waals surface area contributed by atoms with E-state index >= 15 is 0 Å². The Morgan fingerprint density at radius 1 is 1.09 bits per heavy atom. The summed E-state index contributed by atoms with van der Waals surface area (Å²) in [5, 5.41) is 2.78. The molecule has 9 heteroatoms. The highest BCUT2D eigenvalue weighted by molar-refractivity contribution is 7.92. The summed E-state index contributed by atoms with van der Waals surface area (Å²) in [5.74, 6) is -0.268. The Kier molecular flexibility index (Phi) is 9.28. The molecule has 0 spiro atoms. The van der Waals surface area contributed by atoms with Crippen LogP contribution in [0.1, 0.15) is 31.4 Å². The number of likely N-dealkylation sites (N-methyl/N-ethyl adjacent to an activating group) is 1. The Morgan fingerprint density at radius 2 is 1.79 bits per heavy atom. The van der Waals surface area contributed by atoms with E-state index in [0.717, 1.165) is 21.7 Å². The van der Waals surface area contributed by atoms with Crippen LogP contribution in [0.25, 0.3) is 0 Å². The van der Waals surface area contributed by atoms with Crippen LogP contribution in [0.5, 0.6) is 5.75 Å². The first-order valence-electron chi connectivity index (χ1n) is 10.8. The second kappa shape index (κ2) is 11.7. The molecule has 8 nitrogen and oxygen atoms in total. The first-order valence-corrected chi connectivity index (χ1v) is 12.7. The molecule has 0 saturated carbocycles. The number of amides is 2. The minimum atomic E-state index is -3.78. The number of nitrogens with one attached hydrogen (secondary N) is 1. The summed E-state index contributed by atoms with van der Waals surface area (Å²) in [5.41, 5.74) is 2.20. The van der Waals surface area contributed by atoms with Gasteiger partial charge in [-0.2, -0.15) is 0 Å². The van der Waals surface area contributed by atoms with E-state index in [1.807, 2.05) is 45.0 Å². The van der Waals surface area contributed by atoms with Gasteiger partial charge in [-0.15, -0.1) is 0 Å². The van der Waals surface area contributed by atoms with Gasteiger partial charge < -0.3 is 15.0 Å². The maximum Gasteiger partial charge on any atom is 0.244 e. The molecule has 0 aliphatic carbocycles. The number of sulfonamides is 1. The zero-order valence-corrected chi connectivity index (χ0v) is 20.7. The zero-order valence-electron chi connectivity index (χ0n) is 19.9. The summed E-state index contributed by atoms with van der Waals surface area (Å²) in [6, 6.07) is 13.4. The van der Waals surface area contributed by atoms with Crippen LogP contribution in [0.4, 0.5) is 5.69 Å². The van der Waals surface area contributed by atoms with E-state index in [1.54, 1.807) is 24.3 Å². The lowest BCUT2D eigenvalue weighted by Gasteiger charge is -2.33. The van der Waals surface area contributed by atoms with E-state index in [2.05, 4.69) is 5.32 Å². The van der Waals surface area contributed by atoms with Crippen LogP contribution >= 0.6 is 0 Å². The number of hydrogen-bond acceptors (Lipinski definition) is 5. The van der Waals surface area contributed by atoms with Gasteiger partial charge in [0, 0.05) is 19.2 Å². The molecular weight excluding hydrogens is 442 g/mol. The summed E-state index contributed by atoms with van der Waals surface area (Å²) in [6.07, 6.45) is 1.44. The highest BCUT2D eigenvalue weighted by Crippen LogP contribution is 2.24. The summed E-state index contributed by atoms with van der Waals surface area (Å²) in [7, 11) is -2.30. The summed E-state index contributed by atoms with van der Waals surface area (Å²) in [4.78, 5) is 27.8. The molecule has 0 aliphatic heterocycles. The van der Waals surface area contributed by atoms with Gasteiger partial charge >= 0.3 is 0 Å². The quantitative estimate of drug-likeness (QED) is 0.539. The molecule has 0 bridgehead atoms. The van der Waals surface area contributed by atoms with E-state index in [9.17, 15) is 18.0 Å². The lowest BCUT2D eigenvalue weighted by molar-refractivity contribution is -0.140. The fourth-order valence-corrected chi connectivity index (χ4v) is 4.44. The van der Waals surface area contributed by atoms with Crippen LogP contribution in [-0.2, 0) is 26.2 Å². The molecule has 0 unspecified atom stereocenters. The third-order valence-corrected chi connectivity index (χ3v) is 6.33. The molecule has 0 radical (unpaired) electrons. The molecule has 0 aromatic heterocycles.